The van der Waals surface area contributed by atoms with E-state index in [-0.39, 0.29) is 23.8 Å². The van der Waals surface area contributed by atoms with Crippen LogP contribution in [0, 0.1) is 6.92 Å². The molecule has 186 valence electrons. The summed E-state index contributed by atoms with van der Waals surface area (Å²) in [7, 11) is 0. The van der Waals surface area contributed by atoms with Gasteiger partial charge in [0.1, 0.15) is 6.04 Å². The lowest BCUT2D eigenvalue weighted by Gasteiger charge is -2.19. The highest BCUT2D eigenvalue weighted by atomic mass is 16.5. The maximum absolute atomic E-state index is 12.5. The van der Waals surface area contributed by atoms with E-state index in [2.05, 4.69) is 47.1 Å². The van der Waals surface area contributed by atoms with E-state index < -0.39 is 6.04 Å². The Morgan fingerprint density at radius 2 is 1.64 bits per heavy atom. The van der Waals surface area contributed by atoms with Crippen molar-refractivity contribution >= 4 is 17.7 Å². The van der Waals surface area contributed by atoms with Crippen molar-refractivity contribution in [2.24, 2.45) is 0 Å². The SMILES string of the molecule is CCCC(=O)N[C@@H](CCCCNC(=O)CCCc1ccc(C)cc1)C(=O)NCCOC(C)C. The van der Waals surface area contributed by atoms with Crippen molar-refractivity contribution < 1.29 is 19.1 Å². The smallest absolute Gasteiger partial charge is 0.242 e. The Morgan fingerprint density at radius 3 is 2.30 bits per heavy atom. The van der Waals surface area contributed by atoms with Gasteiger partial charge in [-0.25, -0.2) is 0 Å². The molecule has 1 aromatic rings. The van der Waals surface area contributed by atoms with Crippen LogP contribution in [0.5, 0.6) is 0 Å². The maximum atomic E-state index is 12.5. The number of ether oxygens (including phenoxy) is 1. The van der Waals surface area contributed by atoms with Crippen LogP contribution in [-0.4, -0.2) is 49.6 Å². The Morgan fingerprint density at radius 1 is 0.909 bits per heavy atom. The maximum Gasteiger partial charge on any atom is 0.242 e. The van der Waals surface area contributed by atoms with Crippen molar-refractivity contribution in [3.63, 3.8) is 0 Å². The molecule has 1 aromatic carbocycles. The third-order valence-corrected chi connectivity index (χ3v) is 5.21. The molecule has 33 heavy (non-hydrogen) atoms. The fraction of sp³-hybridized carbons (Fsp3) is 0.654. The first-order chi connectivity index (χ1) is 15.8. The van der Waals surface area contributed by atoms with E-state index in [0.29, 0.717) is 39.0 Å². The monoisotopic (exact) mass is 461 g/mol. The Bertz CT molecular complexity index is 704. The molecule has 0 aliphatic rings. The topological polar surface area (TPSA) is 96.5 Å². The summed E-state index contributed by atoms with van der Waals surface area (Å²) in [6.07, 6.45) is 5.49. The van der Waals surface area contributed by atoms with Gasteiger partial charge in [-0.1, -0.05) is 36.8 Å². The third-order valence-electron chi connectivity index (χ3n) is 5.21. The van der Waals surface area contributed by atoms with Gasteiger partial charge in [-0.2, -0.15) is 0 Å². The van der Waals surface area contributed by atoms with Crippen molar-refractivity contribution in [1.82, 2.24) is 16.0 Å². The van der Waals surface area contributed by atoms with Gasteiger partial charge in [0, 0.05) is 25.9 Å². The van der Waals surface area contributed by atoms with Gasteiger partial charge in [0.15, 0.2) is 0 Å². The minimum absolute atomic E-state index is 0.0535. The fourth-order valence-corrected chi connectivity index (χ4v) is 3.35. The normalized spacial score (nSPS) is 11.8. The average Bonchev–Trinajstić information content (AvgIpc) is 2.77. The van der Waals surface area contributed by atoms with Gasteiger partial charge in [0.05, 0.1) is 12.7 Å². The summed E-state index contributed by atoms with van der Waals surface area (Å²) >= 11 is 0. The molecule has 3 amide bonds. The number of amides is 3. The second-order valence-electron chi connectivity index (χ2n) is 8.77. The van der Waals surface area contributed by atoms with Gasteiger partial charge in [-0.05, 0) is 64.9 Å². The van der Waals surface area contributed by atoms with Crippen LogP contribution < -0.4 is 16.0 Å². The Hall–Kier alpha value is -2.41. The Labute approximate surface area is 199 Å². The van der Waals surface area contributed by atoms with E-state index in [9.17, 15) is 14.4 Å². The van der Waals surface area contributed by atoms with Crippen LogP contribution in [0.25, 0.3) is 0 Å². The molecule has 0 aliphatic heterocycles. The highest BCUT2D eigenvalue weighted by molar-refractivity contribution is 5.87. The molecule has 0 unspecified atom stereocenters. The standard InChI is InChI=1S/C26H43N3O4/c1-5-9-25(31)29-23(26(32)28-18-19-33-20(2)3)11-6-7-17-27-24(30)12-8-10-22-15-13-21(4)14-16-22/h13-16,20,23H,5-12,17-19H2,1-4H3,(H,27,30)(H,28,32)(H,29,31)/t23-/m0/s1. The lowest BCUT2D eigenvalue weighted by Crippen LogP contribution is -2.47. The molecule has 0 spiro atoms. The number of carbonyl (C=O) groups excluding carboxylic acids is 3. The summed E-state index contributed by atoms with van der Waals surface area (Å²) in [4.78, 5) is 36.6. The molecule has 0 saturated carbocycles. The van der Waals surface area contributed by atoms with Crippen molar-refractivity contribution in [3.05, 3.63) is 35.4 Å². The molecule has 0 heterocycles. The van der Waals surface area contributed by atoms with Gasteiger partial charge >= 0.3 is 0 Å². The fourth-order valence-electron chi connectivity index (χ4n) is 3.35. The van der Waals surface area contributed by atoms with Gasteiger partial charge in [0.2, 0.25) is 17.7 Å². The number of carbonyl (C=O) groups is 3. The van der Waals surface area contributed by atoms with E-state index in [1.165, 1.54) is 11.1 Å². The number of aryl methyl sites for hydroxylation is 2. The first-order valence-electron chi connectivity index (χ1n) is 12.3. The third kappa shape index (κ3) is 14.4. The van der Waals surface area contributed by atoms with Crippen molar-refractivity contribution in [2.45, 2.75) is 91.2 Å². The van der Waals surface area contributed by atoms with Gasteiger partial charge < -0.3 is 20.7 Å². The average molecular weight is 462 g/mol. The molecule has 1 atom stereocenters. The molecule has 0 bridgehead atoms. The first-order valence-corrected chi connectivity index (χ1v) is 12.3. The van der Waals surface area contributed by atoms with Gasteiger partial charge in [-0.3, -0.25) is 14.4 Å². The van der Waals surface area contributed by atoms with E-state index >= 15 is 0 Å². The molecule has 0 aliphatic carbocycles. The minimum Gasteiger partial charge on any atom is -0.377 e. The molecular weight excluding hydrogens is 418 g/mol. The summed E-state index contributed by atoms with van der Waals surface area (Å²) in [6.45, 7) is 9.31. The molecule has 7 nitrogen and oxygen atoms in total. The van der Waals surface area contributed by atoms with E-state index in [1.807, 2.05) is 20.8 Å². The number of benzene rings is 1. The van der Waals surface area contributed by atoms with Crippen molar-refractivity contribution in [1.29, 1.82) is 0 Å². The molecule has 3 N–H and O–H groups in total. The van der Waals surface area contributed by atoms with Crippen LogP contribution >= 0.6 is 0 Å². The zero-order valence-corrected chi connectivity index (χ0v) is 20.9. The summed E-state index contributed by atoms with van der Waals surface area (Å²) in [6, 6.07) is 7.83. The molecular formula is C26H43N3O4. The number of hydrogen-bond donors (Lipinski definition) is 3. The molecule has 0 saturated heterocycles. The van der Waals surface area contributed by atoms with Crippen LogP contribution in [0.2, 0.25) is 0 Å². The second-order valence-corrected chi connectivity index (χ2v) is 8.77. The number of rotatable bonds is 17. The zero-order chi connectivity index (χ0) is 24.5. The molecule has 0 aromatic heterocycles. The van der Waals surface area contributed by atoms with Crippen molar-refractivity contribution in [2.75, 3.05) is 19.7 Å². The molecule has 0 fully saturated rings. The van der Waals surface area contributed by atoms with Crippen LogP contribution in [0.15, 0.2) is 24.3 Å². The predicted molar refractivity (Wildman–Crippen MR) is 132 cm³/mol. The molecule has 0 radical (unpaired) electrons. The van der Waals surface area contributed by atoms with Crippen LogP contribution in [0.1, 0.15) is 76.8 Å². The second kappa shape index (κ2) is 17.1. The quantitative estimate of drug-likeness (QED) is 0.310. The summed E-state index contributed by atoms with van der Waals surface area (Å²) in [5.41, 5.74) is 2.49. The lowest BCUT2D eigenvalue weighted by atomic mass is 10.1. The van der Waals surface area contributed by atoms with Crippen LogP contribution in [0.4, 0.5) is 0 Å². The number of unbranched alkanes of at least 4 members (excludes halogenated alkanes) is 1. The van der Waals surface area contributed by atoms with Crippen LogP contribution in [0.3, 0.4) is 0 Å². The highest BCUT2D eigenvalue weighted by Crippen LogP contribution is 2.07. The zero-order valence-electron chi connectivity index (χ0n) is 20.9. The van der Waals surface area contributed by atoms with Crippen molar-refractivity contribution in [3.8, 4) is 0 Å². The van der Waals surface area contributed by atoms with Gasteiger partial charge in [0.25, 0.3) is 0 Å². The van der Waals surface area contributed by atoms with E-state index in [0.717, 1.165) is 32.1 Å². The molecule has 7 heteroatoms. The van der Waals surface area contributed by atoms with Crippen LogP contribution in [-0.2, 0) is 25.5 Å². The summed E-state index contributed by atoms with van der Waals surface area (Å²) in [5, 5.41) is 8.62. The van der Waals surface area contributed by atoms with E-state index in [4.69, 9.17) is 4.74 Å². The summed E-state index contributed by atoms with van der Waals surface area (Å²) < 4.78 is 5.44. The number of hydrogen-bond acceptors (Lipinski definition) is 4. The predicted octanol–water partition coefficient (Wildman–Crippen LogP) is 3.43. The number of nitrogens with one attached hydrogen (secondary N) is 3. The largest absolute Gasteiger partial charge is 0.377 e. The van der Waals surface area contributed by atoms with E-state index in [1.54, 1.807) is 0 Å². The van der Waals surface area contributed by atoms with Gasteiger partial charge in [-0.15, -0.1) is 0 Å². The Balaban J connectivity index is 2.27. The molecule has 1 rings (SSSR count). The Kier molecular flexibility index (Phi) is 14.8. The lowest BCUT2D eigenvalue weighted by molar-refractivity contribution is -0.129. The summed E-state index contributed by atoms with van der Waals surface area (Å²) in [5.74, 6) is -0.247. The highest BCUT2D eigenvalue weighted by Gasteiger charge is 2.19. The minimum atomic E-state index is -0.562. The first kappa shape index (κ1) is 28.6.